The summed E-state index contributed by atoms with van der Waals surface area (Å²) in [5.41, 5.74) is 7.38. The molecule has 2 unspecified atom stereocenters. The summed E-state index contributed by atoms with van der Waals surface area (Å²) in [5, 5.41) is 5.49. The zero-order chi connectivity index (χ0) is 13.1. The molecule has 104 valence electrons. The third kappa shape index (κ3) is 3.68. The van der Waals surface area contributed by atoms with E-state index in [0.717, 1.165) is 17.7 Å². The van der Waals surface area contributed by atoms with E-state index in [0.29, 0.717) is 6.42 Å². The molecule has 1 aromatic rings. The number of para-hydroxylation sites is 1. The summed E-state index contributed by atoms with van der Waals surface area (Å²) in [4.78, 5) is 23.5. The molecule has 6 heteroatoms. The number of halogens is 1. The van der Waals surface area contributed by atoms with Gasteiger partial charge in [-0.3, -0.25) is 9.59 Å². The van der Waals surface area contributed by atoms with Crippen LogP contribution in [-0.4, -0.2) is 23.9 Å². The Morgan fingerprint density at radius 1 is 1.47 bits per heavy atom. The average Bonchev–Trinajstić information content (AvgIpc) is 2.49. The van der Waals surface area contributed by atoms with Crippen molar-refractivity contribution in [2.24, 2.45) is 5.73 Å². The Morgan fingerprint density at radius 3 is 2.84 bits per heavy atom. The molecule has 2 atom stereocenters. The first-order valence-electron chi connectivity index (χ1n) is 6.02. The van der Waals surface area contributed by atoms with Crippen LogP contribution in [0.25, 0.3) is 0 Å². The maximum Gasteiger partial charge on any atom is 0.246 e. The molecular weight excluding hydrogens is 266 g/mol. The lowest BCUT2D eigenvalue weighted by atomic mass is 10.1. The van der Waals surface area contributed by atoms with E-state index < -0.39 is 12.1 Å². The van der Waals surface area contributed by atoms with E-state index in [1.165, 1.54) is 0 Å². The van der Waals surface area contributed by atoms with Crippen molar-refractivity contribution in [3.05, 3.63) is 29.8 Å². The maximum absolute atomic E-state index is 12.0. The van der Waals surface area contributed by atoms with Crippen LogP contribution in [0.4, 0.5) is 5.69 Å². The quantitative estimate of drug-likeness (QED) is 0.751. The number of aryl methyl sites for hydroxylation is 1. The molecule has 1 aliphatic heterocycles. The first-order chi connectivity index (χ1) is 8.58. The molecule has 4 N–H and O–H groups in total. The zero-order valence-electron chi connectivity index (χ0n) is 10.7. The third-order valence-electron chi connectivity index (χ3n) is 3.02. The molecule has 2 amide bonds. The van der Waals surface area contributed by atoms with Gasteiger partial charge in [0.15, 0.2) is 0 Å². The lowest BCUT2D eigenvalue weighted by Gasteiger charge is -2.16. The largest absolute Gasteiger partial charge is 0.343 e. The minimum absolute atomic E-state index is 0. The molecule has 0 fully saturated rings. The summed E-state index contributed by atoms with van der Waals surface area (Å²) < 4.78 is 0. The van der Waals surface area contributed by atoms with Crippen LogP contribution in [0, 0.1) is 0 Å². The minimum Gasteiger partial charge on any atom is -0.343 e. The van der Waals surface area contributed by atoms with Gasteiger partial charge in [-0.15, -0.1) is 12.4 Å². The van der Waals surface area contributed by atoms with Gasteiger partial charge in [-0.2, -0.15) is 0 Å². The number of rotatable bonds is 2. The van der Waals surface area contributed by atoms with Crippen LogP contribution in [0.5, 0.6) is 0 Å². The summed E-state index contributed by atoms with van der Waals surface area (Å²) in [7, 11) is 0. The predicted molar refractivity (Wildman–Crippen MR) is 76.2 cm³/mol. The Labute approximate surface area is 118 Å². The summed E-state index contributed by atoms with van der Waals surface area (Å²) in [6, 6.07) is 6.53. The van der Waals surface area contributed by atoms with E-state index in [2.05, 4.69) is 10.6 Å². The molecule has 0 aromatic heterocycles. The van der Waals surface area contributed by atoms with Crippen LogP contribution in [0.1, 0.15) is 18.9 Å². The predicted octanol–water partition coefficient (Wildman–Crippen LogP) is 0.825. The number of carbonyl (C=O) groups excluding carboxylic acids is 2. The van der Waals surface area contributed by atoms with Gasteiger partial charge in [-0.05, 0) is 31.4 Å². The van der Waals surface area contributed by atoms with Gasteiger partial charge in [0.05, 0.1) is 6.04 Å². The highest BCUT2D eigenvalue weighted by Gasteiger charge is 2.25. The number of carbonyl (C=O) groups is 2. The smallest absolute Gasteiger partial charge is 0.246 e. The van der Waals surface area contributed by atoms with Crippen LogP contribution in [-0.2, 0) is 16.0 Å². The van der Waals surface area contributed by atoms with Crippen LogP contribution in [0.3, 0.4) is 0 Å². The van der Waals surface area contributed by atoms with E-state index in [1.807, 2.05) is 24.3 Å². The Hall–Kier alpha value is -1.59. The van der Waals surface area contributed by atoms with E-state index >= 15 is 0 Å². The molecule has 2 rings (SSSR count). The van der Waals surface area contributed by atoms with Crippen molar-refractivity contribution in [3.63, 3.8) is 0 Å². The van der Waals surface area contributed by atoms with Crippen molar-refractivity contribution < 1.29 is 9.59 Å². The lowest BCUT2D eigenvalue weighted by molar-refractivity contribution is -0.127. The van der Waals surface area contributed by atoms with Gasteiger partial charge in [0.2, 0.25) is 11.8 Å². The highest BCUT2D eigenvalue weighted by Crippen LogP contribution is 2.21. The fraction of sp³-hybridized carbons (Fsp3) is 0.385. The normalized spacial score (nSPS) is 19.3. The van der Waals surface area contributed by atoms with E-state index in [-0.39, 0.29) is 24.2 Å². The molecule has 0 bridgehead atoms. The van der Waals surface area contributed by atoms with Gasteiger partial charge in [0, 0.05) is 5.69 Å². The van der Waals surface area contributed by atoms with Gasteiger partial charge in [0.1, 0.15) is 6.04 Å². The zero-order valence-corrected chi connectivity index (χ0v) is 11.5. The molecule has 5 nitrogen and oxygen atoms in total. The molecule has 0 spiro atoms. The van der Waals surface area contributed by atoms with Gasteiger partial charge in [-0.25, -0.2) is 0 Å². The second-order valence-corrected chi connectivity index (χ2v) is 4.53. The molecule has 0 aliphatic carbocycles. The molecule has 1 heterocycles. The molecule has 1 aromatic carbocycles. The molecule has 0 saturated carbocycles. The van der Waals surface area contributed by atoms with Crippen LogP contribution < -0.4 is 16.4 Å². The maximum atomic E-state index is 12.0. The first kappa shape index (κ1) is 15.5. The van der Waals surface area contributed by atoms with Gasteiger partial charge < -0.3 is 16.4 Å². The van der Waals surface area contributed by atoms with Crippen molar-refractivity contribution in [1.82, 2.24) is 5.32 Å². The van der Waals surface area contributed by atoms with Crippen LogP contribution in [0.15, 0.2) is 24.3 Å². The number of fused-ring (bicyclic) bond motifs is 1. The number of nitrogens with two attached hydrogens (primary N) is 1. The SMILES string of the molecule is CC(N)C(=O)NC1CCc2ccccc2NC1=O.Cl. The second-order valence-electron chi connectivity index (χ2n) is 4.53. The monoisotopic (exact) mass is 283 g/mol. The highest BCUT2D eigenvalue weighted by atomic mass is 35.5. The summed E-state index contributed by atoms with van der Waals surface area (Å²) in [5.74, 6) is -0.491. The first-order valence-corrected chi connectivity index (χ1v) is 6.02. The van der Waals surface area contributed by atoms with Gasteiger partial charge >= 0.3 is 0 Å². The number of anilines is 1. The summed E-state index contributed by atoms with van der Waals surface area (Å²) in [6.45, 7) is 1.60. The van der Waals surface area contributed by atoms with Crippen molar-refractivity contribution in [3.8, 4) is 0 Å². The van der Waals surface area contributed by atoms with E-state index in [9.17, 15) is 9.59 Å². The minimum atomic E-state index is -0.608. The Bertz CT molecular complexity index is 477. The lowest BCUT2D eigenvalue weighted by Crippen LogP contribution is -2.48. The highest BCUT2D eigenvalue weighted by molar-refractivity contribution is 5.98. The summed E-state index contributed by atoms with van der Waals surface area (Å²) in [6.07, 6.45) is 1.33. The topological polar surface area (TPSA) is 84.2 Å². The molecule has 1 aliphatic rings. The van der Waals surface area contributed by atoms with E-state index in [4.69, 9.17) is 5.73 Å². The summed E-state index contributed by atoms with van der Waals surface area (Å²) >= 11 is 0. The van der Waals surface area contributed by atoms with Crippen molar-refractivity contribution in [2.75, 3.05) is 5.32 Å². The van der Waals surface area contributed by atoms with Crippen LogP contribution >= 0.6 is 12.4 Å². The van der Waals surface area contributed by atoms with Crippen molar-refractivity contribution in [2.45, 2.75) is 31.8 Å². The molecular formula is C13H18ClN3O2. The fourth-order valence-electron chi connectivity index (χ4n) is 1.95. The van der Waals surface area contributed by atoms with Gasteiger partial charge in [0.25, 0.3) is 0 Å². The molecule has 0 radical (unpaired) electrons. The average molecular weight is 284 g/mol. The standard InChI is InChI=1S/C13H17N3O2.ClH/c1-8(14)12(17)16-11-7-6-9-4-2-3-5-10(9)15-13(11)18;/h2-5,8,11H,6-7,14H2,1H3,(H,15,18)(H,16,17);1H. The van der Waals surface area contributed by atoms with Gasteiger partial charge in [-0.1, -0.05) is 18.2 Å². The van der Waals surface area contributed by atoms with Crippen molar-refractivity contribution in [1.29, 1.82) is 0 Å². The Balaban J connectivity index is 0.00000180. The number of amides is 2. The Kier molecular flexibility index (Phi) is 5.32. The number of hydrogen-bond donors (Lipinski definition) is 3. The second kappa shape index (κ2) is 6.54. The number of nitrogens with one attached hydrogen (secondary N) is 2. The van der Waals surface area contributed by atoms with Crippen LogP contribution in [0.2, 0.25) is 0 Å². The van der Waals surface area contributed by atoms with Crippen molar-refractivity contribution >= 4 is 29.9 Å². The number of hydrogen-bond acceptors (Lipinski definition) is 3. The molecule has 19 heavy (non-hydrogen) atoms. The third-order valence-corrected chi connectivity index (χ3v) is 3.02. The number of benzene rings is 1. The van der Waals surface area contributed by atoms with E-state index in [1.54, 1.807) is 6.92 Å². The fourth-order valence-corrected chi connectivity index (χ4v) is 1.95. The Morgan fingerprint density at radius 2 is 2.16 bits per heavy atom. The molecule has 0 saturated heterocycles.